The molecule has 4 heterocycles. The highest BCUT2D eigenvalue weighted by Gasteiger charge is 2.44. The summed E-state index contributed by atoms with van der Waals surface area (Å²) in [6, 6.07) is 5.37. The molecule has 0 aliphatic carbocycles. The summed E-state index contributed by atoms with van der Waals surface area (Å²) in [6.45, 7) is 3.11. The number of carbonyl (C=O) groups excluding carboxylic acids is 3. The first-order valence-electron chi connectivity index (χ1n) is 15.0. The number of hydrogen-bond donors (Lipinski definition) is 4. The van der Waals surface area contributed by atoms with Crippen LogP contribution >= 0.6 is 0 Å². The second kappa shape index (κ2) is 14.0. The number of aliphatic hydroxyl groups is 1. The lowest BCUT2D eigenvalue weighted by Gasteiger charge is -2.26. The molecule has 3 amide bonds. The number of aromatic nitrogens is 3. The predicted molar refractivity (Wildman–Crippen MR) is 160 cm³/mol. The van der Waals surface area contributed by atoms with Gasteiger partial charge in [-0.25, -0.2) is 23.7 Å². The lowest BCUT2D eigenvalue weighted by Crippen LogP contribution is -2.47. The van der Waals surface area contributed by atoms with Crippen LogP contribution in [0.5, 0.6) is 0 Å². The molecule has 4 atom stereocenters. The summed E-state index contributed by atoms with van der Waals surface area (Å²) in [7, 11) is 1.52. The molecule has 2 aliphatic heterocycles. The van der Waals surface area contributed by atoms with Gasteiger partial charge in [0.25, 0.3) is 11.8 Å². The maximum atomic E-state index is 13.6. The van der Waals surface area contributed by atoms with Crippen molar-refractivity contribution >= 4 is 17.7 Å². The van der Waals surface area contributed by atoms with Crippen molar-refractivity contribution in [2.75, 3.05) is 33.4 Å². The number of methoxy groups -OCH3 is 1. The monoisotopic (exact) mass is 641 g/mol. The van der Waals surface area contributed by atoms with Crippen molar-refractivity contribution in [3.05, 3.63) is 54.2 Å². The summed E-state index contributed by atoms with van der Waals surface area (Å²) >= 11 is 0. The Morgan fingerprint density at radius 1 is 1.13 bits per heavy atom. The fourth-order valence-corrected chi connectivity index (χ4v) is 5.58. The van der Waals surface area contributed by atoms with Crippen LogP contribution in [-0.2, 0) is 14.3 Å². The number of oxazole rings is 1. The number of alkyl halides is 2. The summed E-state index contributed by atoms with van der Waals surface area (Å²) in [5, 5.41) is 17.5. The molecule has 1 aromatic carbocycles. The van der Waals surface area contributed by atoms with Crippen LogP contribution < -0.4 is 16.0 Å². The summed E-state index contributed by atoms with van der Waals surface area (Å²) < 4.78 is 38.2. The second-order valence-corrected chi connectivity index (χ2v) is 11.8. The summed E-state index contributed by atoms with van der Waals surface area (Å²) in [4.78, 5) is 52.7. The first-order valence-corrected chi connectivity index (χ1v) is 15.0. The topological polar surface area (TPSA) is 172 Å². The number of likely N-dealkylation sites (tertiary alicyclic amines) is 1. The minimum atomic E-state index is -2.94. The number of aliphatic hydroxyl groups excluding tert-OH is 1. The average molecular weight is 642 g/mol. The molecule has 15 heteroatoms. The van der Waals surface area contributed by atoms with Gasteiger partial charge in [0.15, 0.2) is 5.76 Å². The number of carbonyl (C=O) groups is 3. The Bertz CT molecular complexity index is 1530. The van der Waals surface area contributed by atoms with Crippen molar-refractivity contribution in [2.24, 2.45) is 5.92 Å². The Labute approximate surface area is 264 Å². The van der Waals surface area contributed by atoms with Crippen molar-refractivity contribution < 1.29 is 37.4 Å². The number of nitrogens with zero attached hydrogens (tertiary/aromatic N) is 4. The van der Waals surface area contributed by atoms with E-state index in [-0.39, 0.29) is 37.3 Å². The van der Waals surface area contributed by atoms with E-state index in [9.17, 15) is 28.3 Å². The Morgan fingerprint density at radius 3 is 2.46 bits per heavy atom. The van der Waals surface area contributed by atoms with Gasteiger partial charge in [-0.15, -0.1) is 0 Å². The van der Waals surface area contributed by atoms with Gasteiger partial charge in [-0.1, -0.05) is 26.0 Å². The molecule has 0 spiro atoms. The minimum Gasteiger partial charge on any atom is -0.436 e. The highest BCUT2D eigenvalue weighted by atomic mass is 19.3. The van der Waals surface area contributed by atoms with E-state index < -0.39 is 54.9 Å². The van der Waals surface area contributed by atoms with Crippen LogP contribution in [0.15, 0.2) is 47.3 Å². The van der Waals surface area contributed by atoms with Gasteiger partial charge in [-0.2, -0.15) is 0 Å². The van der Waals surface area contributed by atoms with Gasteiger partial charge in [0.05, 0.1) is 37.0 Å². The normalized spacial score (nSPS) is 21.4. The Hall–Kier alpha value is -4.34. The summed E-state index contributed by atoms with van der Waals surface area (Å²) in [5.41, 5.74) is 2.03. The van der Waals surface area contributed by atoms with Gasteiger partial charge in [-0.05, 0) is 24.1 Å². The van der Waals surface area contributed by atoms with Crippen molar-refractivity contribution in [1.82, 2.24) is 35.8 Å². The maximum Gasteiger partial charge on any atom is 0.289 e. The van der Waals surface area contributed by atoms with Gasteiger partial charge in [0.2, 0.25) is 23.5 Å². The lowest BCUT2D eigenvalue weighted by atomic mass is 10.1. The van der Waals surface area contributed by atoms with Gasteiger partial charge < -0.3 is 29.8 Å². The zero-order valence-electron chi connectivity index (χ0n) is 25.7. The molecule has 0 radical (unpaired) electrons. The molecule has 0 saturated carbocycles. The molecule has 2 aromatic heterocycles. The highest BCUT2D eigenvalue weighted by Crippen LogP contribution is 2.28. The van der Waals surface area contributed by atoms with Gasteiger partial charge in [-0.3, -0.25) is 19.7 Å². The van der Waals surface area contributed by atoms with Crippen LogP contribution in [0.3, 0.4) is 0 Å². The van der Waals surface area contributed by atoms with E-state index in [0.717, 1.165) is 11.1 Å². The lowest BCUT2D eigenvalue weighted by molar-refractivity contribution is -0.135. The number of benzene rings is 1. The molecule has 46 heavy (non-hydrogen) atoms. The summed E-state index contributed by atoms with van der Waals surface area (Å²) in [6.07, 6.45) is 3.75. The van der Waals surface area contributed by atoms with Crippen molar-refractivity contribution in [3.63, 3.8) is 0 Å². The Balaban J connectivity index is 1.18. The third-order valence-corrected chi connectivity index (χ3v) is 8.09. The van der Waals surface area contributed by atoms with E-state index in [2.05, 4.69) is 30.9 Å². The zero-order chi connectivity index (χ0) is 33.0. The van der Waals surface area contributed by atoms with E-state index in [1.165, 1.54) is 25.7 Å². The second-order valence-electron chi connectivity index (χ2n) is 11.8. The van der Waals surface area contributed by atoms with Gasteiger partial charge in [0, 0.05) is 56.5 Å². The molecule has 246 valence electrons. The maximum absolute atomic E-state index is 13.6. The first-order chi connectivity index (χ1) is 22.0. The molecule has 2 saturated heterocycles. The van der Waals surface area contributed by atoms with E-state index in [1.54, 1.807) is 30.9 Å². The third kappa shape index (κ3) is 7.54. The van der Waals surface area contributed by atoms with Gasteiger partial charge in [0.1, 0.15) is 6.10 Å². The van der Waals surface area contributed by atoms with Crippen LogP contribution in [0.1, 0.15) is 49.0 Å². The molecular weight excluding hydrogens is 604 g/mol. The molecule has 3 aromatic rings. The quantitative estimate of drug-likeness (QED) is 0.243. The number of amides is 3. The largest absolute Gasteiger partial charge is 0.436 e. The molecule has 1 unspecified atom stereocenters. The third-order valence-electron chi connectivity index (χ3n) is 8.09. The van der Waals surface area contributed by atoms with Crippen molar-refractivity contribution in [3.8, 4) is 22.8 Å². The Morgan fingerprint density at radius 2 is 1.85 bits per heavy atom. The number of nitrogens with one attached hydrogen (secondary N) is 3. The first kappa shape index (κ1) is 33.0. The van der Waals surface area contributed by atoms with Crippen LogP contribution in [0.2, 0.25) is 0 Å². The average Bonchev–Trinajstić information content (AvgIpc) is 3.79. The van der Waals surface area contributed by atoms with Crippen LogP contribution in [-0.4, -0.2) is 100 Å². The molecule has 2 aliphatic rings. The van der Waals surface area contributed by atoms with E-state index >= 15 is 0 Å². The number of hydrogen-bond acceptors (Lipinski definition) is 10. The van der Waals surface area contributed by atoms with E-state index in [0.29, 0.717) is 23.6 Å². The fraction of sp³-hybridized carbons (Fsp3) is 0.484. The minimum absolute atomic E-state index is 0.0855. The van der Waals surface area contributed by atoms with E-state index in [1.807, 2.05) is 12.1 Å². The molecular formula is C31H37F2N7O6. The van der Waals surface area contributed by atoms with Crippen molar-refractivity contribution in [1.29, 1.82) is 0 Å². The SMILES string of the molecule is COC(CO)c1ccc(-c2ncc(-c3cnc(C(=O)NC[C@H]4C[C@@H](NC(=O)[C@@H]5CC(F)(F)CN5)CN4C(=O)C(C)C)nc3)o2)cc1. The van der Waals surface area contributed by atoms with Crippen LogP contribution in [0.4, 0.5) is 8.78 Å². The number of halogens is 2. The molecule has 4 N–H and O–H groups in total. The van der Waals surface area contributed by atoms with E-state index in [4.69, 9.17) is 9.15 Å². The van der Waals surface area contributed by atoms with Gasteiger partial charge >= 0.3 is 0 Å². The fourth-order valence-electron chi connectivity index (χ4n) is 5.58. The number of rotatable bonds is 11. The van der Waals surface area contributed by atoms with Crippen molar-refractivity contribution in [2.45, 2.75) is 56.8 Å². The number of ether oxygens (including phenoxy) is 1. The molecule has 0 bridgehead atoms. The predicted octanol–water partition coefficient (Wildman–Crippen LogP) is 1.95. The van der Waals surface area contributed by atoms with Crippen LogP contribution in [0.25, 0.3) is 22.8 Å². The standard InChI is InChI=1S/C31H37F2N7O6/c1-17(2)30(44)40-14-21(39-27(42)23-9-31(32,33)16-38-23)8-22(40)12-36-28(43)26-34-10-20(11-35-26)24-13-37-29(46-24)19-6-4-18(5-7-19)25(15-41)45-3/h4-7,10-11,13,17,21-23,25,38,41H,8-9,12,14-16H2,1-3H3,(H,36,43)(H,39,42)/t21-,22-,23+,25?/m1/s1. The van der Waals surface area contributed by atoms with Crippen LogP contribution in [0, 0.1) is 5.92 Å². The molecule has 2 fully saturated rings. The zero-order valence-corrected chi connectivity index (χ0v) is 25.7. The highest BCUT2D eigenvalue weighted by molar-refractivity contribution is 5.90. The Kier molecular flexibility index (Phi) is 10.0. The summed E-state index contributed by atoms with van der Waals surface area (Å²) in [5.74, 6) is -3.81. The smallest absolute Gasteiger partial charge is 0.289 e. The molecule has 5 rings (SSSR count). The molecule has 13 nitrogen and oxygen atoms in total.